The molecule has 0 rings (SSSR count). The van der Waals surface area contributed by atoms with Crippen molar-refractivity contribution in [2.75, 3.05) is 6.61 Å². The Morgan fingerprint density at radius 1 is 1.08 bits per heavy atom. The molecule has 0 aromatic carbocycles. The van der Waals surface area contributed by atoms with Gasteiger partial charge >= 0.3 is 0 Å². The van der Waals surface area contributed by atoms with Gasteiger partial charge in [0.1, 0.15) is 0 Å². The van der Waals surface area contributed by atoms with Crippen molar-refractivity contribution in [1.29, 1.82) is 0 Å². The van der Waals surface area contributed by atoms with E-state index in [-0.39, 0.29) is 12.7 Å². The summed E-state index contributed by atoms with van der Waals surface area (Å²) in [6, 6.07) is 0. The lowest BCUT2D eigenvalue weighted by Gasteiger charge is -2.19. The molecule has 12 heavy (non-hydrogen) atoms. The van der Waals surface area contributed by atoms with E-state index < -0.39 is 0 Å². The van der Waals surface area contributed by atoms with Gasteiger partial charge in [0.2, 0.25) is 0 Å². The first-order valence-electron chi connectivity index (χ1n) is 5.05. The van der Waals surface area contributed by atoms with Gasteiger partial charge in [0, 0.05) is 6.61 Å². The van der Waals surface area contributed by atoms with Crippen molar-refractivity contribution >= 4 is 0 Å². The number of unbranched alkanes of at least 4 members (excludes halogenated alkanes) is 1. The van der Waals surface area contributed by atoms with E-state index in [0.29, 0.717) is 5.92 Å². The minimum atomic E-state index is -0.161. The Morgan fingerprint density at radius 3 is 2.08 bits per heavy atom. The molecule has 0 aliphatic heterocycles. The molecular formula is C10H22O2. The number of aliphatic hydroxyl groups is 2. The molecule has 2 N–H and O–H groups in total. The smallest absolute Gasteiger partial charge is 0.0568 e. The van der Waals surface area contributed by atoms with E-state index in [1.165, 1.54) is 0 Å². The monoisotopic (exact) mass is 174 g/mol. The Balaban J connectivity index is 3.47. The van der Waals surface area contributed by atoms with Crippen LogP contribution in [0.5, 0.6) is 0 Å². The molecular weight excluding hydrogens is 152 g/mol. The van der Waals surface area contributed by atoms with Gasteiger partial charge in [0.15, 0.2) is 0 Å². The average Bonchev–Trinajstić information content (AvgIpc) is 2.07. The minimum Gasteiger partial charge on any atom is -0.396 e. The molecule has 0 aliphatic carbocycles. The van der Waals surface area contributed by atoms with Crippen LogP contribution in [0.1, 0.15) is 46.0 Å². The molecule has 0 aliphatic rings. The maximum Gasteiger partial charge on any atom is 0.0568 e. The Morgan fingerprint density at radius 2 is 1.67 bits per heavy atom. The summed E-state index contributed by atoms with van der Waals surface area (Å²) >= 11 is 0. The number of hydrogen-bond donors (Lipinski definition) is 2. The highest BCUT2D eigenvalue weighted by Crippen LogP contribution is 2.17. The zero-order chi connectivity index (χ0) is 9.40. The summed E-state index contributed by atoms with van der Waals surface area (Å²) in [7, 11) is 0. The van der Waals surface area contributed by atoms with E-state index in [9.17, 15) is 5.11 Å². The summed E-state index contributed by atoms with van der Waals surface area (Å²) in [5, 5.41) is 18.2. The molecule has 0 radical (unpaired) electrons. The molecule has 0 saturated heterocycles. The van der Waals surface area contributed by atoms with Crippen LogP contribution in [0, 0.1) is 5.92 Å². The fourth-order valence-corrected chi connectivity index (χ4v) is 1.53. The van der Waals surface area contributed by atoms with Crippen molar-refractivity contribution in [2.45, 2.75) is 52.1 Å². The highest BCUT2D eigenvalue weighted by atomic mass is 16.3. The second kappa shape index (κ2) is 7.56. The summed E-state index contributed by atoms with van der Waals surface area (Å²) in [6.45, 7) is 4.47. The molecule has 0 bridgehead atoms. The van der Waals surface area contributed by atoms with Crippen molar-refractivity contribution in [3.63, 3.8) is 0 Å². The van der Waals surface area contributed by atoms with Crippen LogP contribution in [0.15, 0.2) is 0 Å². The molecule has 0 aromatic rings. The lowest BCUT2D eigenvalue weighted by molar-refractivity contribution is 0.0899. The fraction of sp³-hybridized carbons (Fsp3) is 1.00. The van der Waals surface area contributed by atoms with Gasteiger partial charge < -0.3 is 10.2 Å². The third-order valence-electron chi connectivity index (χ3n) is 2.50. The molecule has 0 saturated carbocycles. The van der Waals surface area contributed by atoms with E-state index in [2.05, 4.69) is 13.8 Å². The van der Waals surface area contributed by atoms with Crippen LogP contribution in [-0.4, -0.2) is 22.9 Å². The molecule has 74 valence electrons. The second-order valence-corrected chi connectivity index (χ2v) is 3.36. The normalized spacial score (nSPS) is 13.8. The quantitative estimate of drug-likeness (QED) is 0.579. The molecule has 2 heteroatoms. The average molecular weight is 174 g/mol. The molecule has 1 atom stereocenters. The number of aliphatic hydroxyl groups excluding tert-OH is 2. The van der Waals surface area contributed by atoms with Crippen LogP contribution < -0.4 is 0 Å². The van der Waals surface area contributed by atoms with Crippen LogP contribution >= 0.6 is 0 Å². The largest absolute Gasteiger partial charge is 0.396 e. The van der Waals surface area contributed by atoms with Crippen LogP contribution in [0.3, 0.4) is 0 Å². The van der Waals surface area contributed by atoms with Gasteiger partial charge in [-0.25, -0.2) is 0 Å². The molecule has 0 heterocycles. The van der Waals surface area contributed by atoms with Gasteiger partial charge in [0.25, 0.3) is 0 Å². The van der Waals surface area contributed by atoms with Crippen LogP contribution in [0.4, 0.5) is 0 Å². The first-order valence-corrected chi connectivity index (χ1v) is 5.05. The first kappa shape index (κ1) is 11.9. The molecule has 0 amide bonds. The van der Waals surface area contributed by atoms with E-state index in [1.807, 2.05) is 0 Å². The number of hydrogen-bond acceptors (Lipinski definition) is 2. The Bertz CT molecular complexity index is 89.8. The third kappa shape index (κ3) is 4.73. The SMILES string of the molecule is CCC(CC)C(O)CCCCO. The zero-order valence-electron chi connectivity index (χ0n) is 8.29. The summed E-state index contributed by atoms with van der Waals surface area (Å²) in [5.74, 6) is 0.448. The molecule has 0 fully saturated rings. The molecule has 0 aromatic heterocycles. The topological polar surface area (TPSA) is 40.5 Å². The summed E-state index contributed by atoms with van der Waals surface area (Å²) in [6.07, 6.45) is 4.54. The Kier molecular flexibility index (Phi) is 7.51. The van der Waals surface area contributed by atoms with Gasteiger partial charge in [-0.05, 0) is 25.2 Å². The maximum atomic E-state index is 9.65. The van der Waals surface area contributed by atoms with Crippen LogP contribution in [-0.2, 0) is 0 Å². The van der Waals surface area contributed by atoms with Gasteiger partial charge in [-0.15, -0.1) is 0 Å². The van der Waals surface area contributed by atoms with Gasteiger partial charge in [-0.2, -0.15) is 0 Å². The fourth-order valence-electron chi connectivity index (χ4n) is 1.53. The van der Waals surface area contributed by atoms with Gasteiger partial charge in [-0.1, -0.05) is 26.7 Å². The summed E-state index contributed by atoms with van der Waals surface area (Å²) in [5.41, 5.74) is 0. The van der Waals surface area contributed by atoms with Crippen molar-refractivity contribution in [3.05, 3.63) is 0 Å². The van der Waals surface area contributed by atoms with Crippen molar-refractivity contribution < 1.29 is 10.2 Å². The van der Waals surface area contributed by atoms with Crippen molar-refractivity contribution in [2.24, 2.45) is 5.92 Å². The molecule has 0 spiro atoms. The Labute approximate surface area is 75.6 Å². The van der Waals surface area contributed by atoms with E-state index in [4.69, 9.17) is 5.11 Å². The minimum absolute atomic E-state index is 0.161. The van der Waals surface area contributed by atoms with E-state index >= 15 is 0 Å². The molecule has 2 nitrogen and oxygen atoms in total. The van der Waals surface area contributed by atoms with E-state index in [1.54, 1.807) is 0 Å². The second-order valence-electron chi connectivity index (χ2n) is 3.36. The predicted molar refractivity (Wildman–Crippen MR) is 51.0 cm³/mol. The van der Waals surface area contributed by atoms with Crippen molar-refractivity contribution in [3.8, 4) is 0 Å². The molecule has 1 unspecified atom stereocenters. The predicted octanol–water partition coefficient (Wildman–Crippen LogP) is 1.95. The van der Waals surface area contributed by atoms with Gasteiger partial charge in [-0.3, -0.25) is 0 Å². The van der Waals surface area contributed by atoms with Crippen molar-refractivity contribution in [1.82, 2.24) is 0 Å². The first-order chi connectivity index (χ1) is 5.76. The lowest BCUT2D eigenvalue weighted by Crippen LogP contribution is -2.18. The highest BCUT2D eigenvalue weighted by Gasteiger charge is 2.14. The van der Waals surface area contributed by atoms with Gasteiger partial charge in [0.05, 0.1) is 6.10 Å². The van der Waals surface area contributed by atoms with Crippen LogP contribution in [0.25, 0.3) is 0 Å². The lowest BCUT2D eigenvalue weighted by atomic mass is 9.93. The highest BCUT2D eigenvalue weighted by molar-refractivity contribution is 4.65. The van der Waals surface area contributed by atoms with Crippen LogP contribution in [0.2, 0.25) is 0 Å². The Hall–Kier alpha value is -0.0800. The number of rotatable bonds is 7. The maximum absolute atomic E-state index is 9.65. The third-order valence-corrected chi connectivity index (χ3v) is 2.50. The standard InChI is InChI=1S/C10H22O2/c1-3-9(4-2)10(12)7-5-6-8-11/h9-12H,3-8H2,1-2H3. The van der Waals surface area contributed by atoms with E-state index in [0.717, 1.165) is 32.1 Å². The summed E-state index contributed by atoms with van der Waals surface area (Å²) in [4.78, 5) is 0. The summed E-state index contributed by atoms with van der Waals surface area (Å²) < 4.78 is 0. The zero-order valence-corrected chi connectivity index (χ0v) is 8.29.